The van der Waals surface area contributed by atoms with E-state index in [-0.39, 0.29) is 5.91 Å². The lowest BCUT2D eigenvalue weighted by molar-refractivity contribution is -0.122. The molecule has 1 unspecified atom stereocenters. The van der Waals surface area contributed by atoms with Gasteiger partial charge in [0.1, 0.15) is 5.75 Å². The van der Waals surface area contributed by atoms with Gasteiger partial charge in [-0.2, -0.15) is 0 Å². The number of carbonyl (C=O) groups is 1. The summed E-state index contributed by atoms with van der Waals surface area (Å²) in [7, 11) is 0. The second kappa shape index (κ2) is 6.86. The first-order valence-electron chi connectivity index (χ1n) is 7.91. The van der Waals surface area contributed by atoms with Gasteiger partial charge in [-0.3, -0.25) is 4.79 Å². The minimum atomic E-state index is -0.560. The van der Waals surface area contributed by atoms with Crippen LogP contribution in [0.3, 0.4) is 0 Å². The number of hydrogen-bond donors (Lipinski definition) is 1. The van der Waals surface area contributed by atoms with Crippen molar-refractivity contribution in [3.05, 3.63) is 58.1 Å². The highest BCUT2D eigenvalue weighted by Crippen LogP contribution is 2.24. The topological polar surface area (TPSA) is 38.3 Å². The van der Waals surface area contributed by atoms with Gasteiger partial charge in [-0.05, 0) is 69.9 Å². The zero-order valence-corrected chi connectivity index (χ0v) is 14.8. The van der Waals surface area contributed by atoms with Crippen molar-refractivity contribution in [3.63, 3.8) is 0 Å². The fourth-order valence-electron chi connectivity index (χ4n) is 2.70. The van der Waals surface area contributed by atoms with Gasteiger partial charge < -0.3 is 10.1 Å². The molecule has 1 N–H and O–H groups in total. The molecule has 0 aliphatic heterocycles. The molecule has 3 nitrogen and oxygen atoms in total. The Balaban J connectivity index is 2.13. The highest BCUT2D eigenvalue weighted by atomic mass is 16.5. The maximum absolute atomic E-state index is 12.5. The Labute approximate surface area is 138 Å². The highest BCUT2D eigenvalue weighted by molar-refractivity contribution is 5.95. The Morgan fingerprint density at radius 3 is 2.22 bits per heavy atom. The van der Waals surface area contributed by atoms with Crippen molar-refractivity contribution < 1.29 is 9.53 Å². The molecule has 0 aliphatic carbocycles. The molecule has 2 aromatic carbocycles. The number of amides is 1. The van der Waals surface area contributed by atoms with E-state index in [0.29, 0.717) is 0 Å². The lowest BCUT2D eigenvalue weighted by Crippen LogP contribution is -2.31. The van der Waals surface area contributed by atoms with E-state index in [9.17, 15) is 4.79 Å². The maximum Gasteiger partial charge on any atom is 0.265 e. The van der Waals surface area contributed by atoms with Gasteiger partial charge in [0, 0.05) is 5.69 Å². The molecule has 0 saturated heterocycles. The van der Waals surface area contributed by atoms with Crippen LogP contribution in [0.2, 0.25) is 0 Å². The molecule has 0 radical (unpaired) electrons. The number of benzene rings is 2. The van der Waals surface area contributed by atoms with E-state index in [0.717, 1.165) is 33.7 Å². The lowest BCUT2D eigenvalue weighted by Gasteiger charge is -2.19. The van der Waals surface area contributed by atoms with Crippen LogP contribution >= 0.6 is 0 Å². The van der Waals surface area contributed by atoms with Crippen molar-refractivity contribution in [2.75, 3.05) is 5.32 Å². The Kier molecular flexibility index (Phi) is 5.09. The smallest absolute Gasteiger partial charge is 0.265 e. The first-order chi connectivity index (χ1) is 10.8. The second-order valence-electron chi connectivity index (χ2n) is 6.22. The van der Waals surface area contributed by atoms with Gasteiger partial charge in [0.25, 0.3) is 5.91 Å². The lowest BCUT2D eigenvalue weighted by atomic mass is 10.0. The molecule has 0 aromatic heterocycles. The van der Waals surface area contributed by atoms with Crippen LogP contribution in [0.4, 0.5) is 5.69 Å². The summed E-state index contributed by atoms with van der Waals surface area (Å²) in [5, 5.41) is 3.00. The van der Waals surface area contributed by atoms with E-state index in [1.807, 2.05) is 45.9 Å². The molecule has 1 amide bonds. The Hall–Kier alpha value is -2.29. The van der Waals surface area contributed by atoms with E-state index in [1.165, 1.54) is 5.56 Å². The van der Waals surface area contributed by atoms with E-state index in [2.05, 4.69) is 24.4 Å². The SMILES string of the molecule is Cc1cc(C)c(NC(=O)C(C)Oc2cccc(C)c2C)c(C)c1. The average molecular weight is 311 g/mol. The standard InChI is InChI=1S/C20H25NO2/c1-12-10-14(3)19(15(4)11-12)21-20(22)17(6)23-18-9-7-8-13(2)16(18)5/h7-11,17H,1-6H3,(H,21,22). The first-order valence-corrected chi connectivity index (χ1v) is 7.91. The van der Waals surface area contributed by atoms with Gasteiger partial charge in [-0.1, -0.05) is 29.8 Å². The summed E-state index contributed by atoms with van der Waals surface area (Å²) < 4.78 is 5.85. The monoisotopic (exact) mass is 311 g/mol. The summed E-state index contributed by atoms with van der Waals surface area (Å²) in [6.07, 6.45) is -0.560. The molecule has 122 valence electrons. The fraction of sp³-hybridized carbons (Fsp3) is 0.350. The van der Waals surface area contributed by atoms with Gasteiger partial charge in [0.05, 0.1) is 0 Å². The van der Waals surface area contributed by atoms with Crippen LogP contribution in [0, 0.1) is 34.6 Å². The molecule has 23 heavy (non-hydrogen) atoms. The molecular weight excluding hydrogens is 286 g/mol. The number of ether oxygens (including phenoxy) is 1. The summed E-state index contributed by atoms with van der Waals surface area (Å²) in [6.45, 7) is 11.9. The molecule has 2 rings (SSSR count). The number of carbonyl (C=O) groups excluding carboxylic acids is 1. The molecule has 0 heterocycles. The third-order valence-electron chi connectivity index (χ3n) is 4.15. The minimum absolute atomic E-state index is 0.138. The van der Waals surface area contributed by atoms with E-state index in [4.69, 9.17) is 4.74 Å². The van der Waals surface area contributed by atoms with Crippen LogP contribution in [0.1, 0.15) is 34.7 Å². The highest BCUT2D eigenvalue weighted by Gasteiger charge is 2.18. The number of hydrogen-bond acceptors (Lipinski definition) is 2. The molecule has 1 atom stereocenters. The summed E-state index contributed by atoms with van der Waals surface area (Å²) in [5.41, 5.74) is 6.41. The van der Waals surface area contributed by atoms with Crippen molar-refractivity contribution >= 4 is 11.6 Å². The van der Waals surface area contributed by atoms with Gasteiger partial charge in [0.2, 0.25) is 0 Å². The van der Waals surface area contributed by atoms with Crippen LogP contribution in [0.15, 0.2) is 30.3 Å². The molecule has 0 fully saturated rings. The average Bonchev–Trinajstić information content (AvgIpc) is 2.47. The minimum Gasteiger partial charge on any atom is -0.481 e. The van der Waals surface area contributed by atoms with Gasteiger partial charge in [0.15, 0.2) is 6.10 Å². The summed E-state index contributed by atoms with van der Waals surface area (Å²) in [6, 6.07) is 10.0. The van der Waals surface area contributed by atoms with Gasteiger partial charge in [-0.25, -0.2) is 0 Å². The Bertz CT molecular complexity index is 711. The van der Waals surface area contributed by atoms with Crippen molar-refractivity contribution in [1.82, 2.24) is 0 Å². The molecule has 2 aromatic rings. The predicted octanol–water partition coefficient (Wildman–Crippen LogP) is 4.63. The van der Waals surface area contributed by atoms with E-state index >= 15 is 0 Å². The van der Waals surface area contributed by atoms with E-state index in [1.54, 1.807) is 6.92 Å². The fourth-order valence-corrected chi connectivity index (χ4v) is 2.70. The van der Waals surface area contributed by atoms with Gasteiger partial charge in [-0.15, -0.1) is 0 Å². The molecular formula is C20H25NO2. The summed E-state index contributed by atoms with van der Waals surface area (Å²) >= 11 is 0. The normalized spacial score (nSPS) is 11.9. The first kappa shape index (κ1) is 17.1. The van der Waals surface area contributed by atoms with Crippen molar-refractivity contribution in [2.24, 2.45) is 0 Å². The molecule has 0 saturated carbocycles. The summed E-state index contributed by atoms with van der Waals surface area (Å²) in [5.74, 6) is 0.617. The van der Waals surface area contributed by atoms with Crippen LogP contribution in [-0.4, -0.2) is 12.0 Å². The Morgan fingerprint density at radius 2 is 1.61 bits per heavy atom. The van der Waals surface area contributed by atoms with Crippen LogP contribution < -0.4 is 10.1 Å². The van der Waals surface area contributed by atoms with Crippen LogP contribution in [0.25, 0.3) is 0 Å². The van der Waals surface area contributed by atoms with Crippen molar-refractivity contribution in [2.45, 2.75) is 47.6 Å². The molecule has 0 spiro atoms. The van der Waals surface area contributed by atoms with Crippen molar-refractivity contribution in [1.29, 1.82) is 0 Å². The zero-order chi connectivity index (χ0) is 17.1. The largest absolute Gasteiger partial charge is 0.481 e. The van der Waals surface area contributed by atoms with Crippen molar-refractivity contribution in [3.8, 4) is 5.75 Å². The second-order valence-corrected chi connectivity index (χ2v) is 6.22. The van der Waals surface area contributed by atoms with Gasteiger partial charge >= 0.3 is 0 Å². The number of nitrogens with one attached hydrogen (secondary N) is 1. The number of aryl methyl sites for hydroxylation is 4. The zero-order valence-electron chi connectivity index (χ0n) is 14.8. The molecule has 0 bridgehead atoms. The quantitative estimate of drug-likeness (QED) is 0.893. The summed E-state index contributed by atoms with van der Waals surface area (Å²) in [4.78, 5) is 12.5. The number of anilines is 1. The Morgan fingerprint density at radius 1 is 1.00 bits per heavy atom. The van der Waals surface area contributed by atoms with Crippen LogP contribution in [-0.2, 0) is 4.79 Å². The predicted molar refractivity (Wildman–Crippen MR) is 95.3 cm³/mol. The molecule has 3 heteroatoms. The molecule has 0 aliphatic rings. The third-order valence-corrected chi connectivity index (χ3v) is 4.15. The maximum atomic E-state index is 12.5. The third kappa shape index (κ3) is 3.92. The van der Waals surface area contributed by atoms with Crippen LogP contribution in [0.5, 0.6) is 5.75 Å². The number of rotatable bonds is 4. The van der Waals surface area contributed by atoms with E-state index < -0.39 is 6.10 Å².